The number of aryl methyl sites for hydroxylation is 1. The molecule has 9 heteroatoms. The minimum absolute atomic E-state index is 0.0940. The predicted octanol–water partition coefficient (Wildman–Crippen LogP) is 0.607. The van der Waals surface area contributed by atoms with Crippen LogP contribution in [0.25, 0.3) is 0 Å². The summed E-state index contributed by atoms with van der Waals surface area (Å²) in [4.78, 5) is 5.02. The Morgan fingerprint density at radius 2 is 2.19 bits per heavy atom. The third-order valence-corrected chi connectivity index (χ3v) is 6.09. The van der Waals surface area contributed by atoms with E-state index < -0.39 is 10.0 Å². The smallest absolute Gasteiger partial charge is 0.250 e. The van der Waals surface area contributed by atoms with Crippen molar-refractivity contribution in [3.63, 3.8) is 0 Å². The van der Waals surface area contributed by atoms with Crippen LogP contribution in [-0.4, -0.2) is 29.2 Å². The van der Waals surface area contributed by atoms with Gasteiger partial charge in [0.1, 0.15) is 10.5 Å². The lowest BCUT2D eigenvalue weighted by molar-refractivity contribution is 0.580. The molecule has 0 aliphatic heterocycles. The van der Waals surface area contributed by atoms with E-state index in [-0.39, 0.29) is 6.54 Å². The molecule has 0 bridgehead atoms. The minimum Gasteiger partial charge on any atom is -0.309 e. The first-order valence-electron chi connectivity index (χ1n) is 6.69. The monoisotopic (exact) mass is 327 g/mol. The third kappa shape index (κ3) is 3.88. The molecule has 0 aromatic carbocycles. The second-order valence-corrected chi connectivity index (χ2v) is 8.20. The van der Waals surface area contributed by atoms with Crippen LogP contribution in [0, 0.1) is 0 Å². The Balaban J connectivity index is 1.60. The zero-order chi connectivity index (χ0) is 14.9. The van der Waals surface area contributed by atoms with Gasteiger partial charge in [-0.05, 0) is 25.0 Å². The van der Waals surface area contributed by atoms with Crippen LogP contribution in [0.1, 0.15) is 23.5 Å². The summed E-state index contributed by atoms with van der Waals surface area (Å²) in [5, 5.41) is 7.41. The van der Waals surface area contributed by atoms with Crippen molar-refractivity contribution in [2.24, 2.45) is 7.05 Å². The molecule has 7 nitrogen and oxygen atoms in total. The van der Waals surface area contributed by atoms with Crippen LogP contribution in [0.4, 0.5) is 0 Å². The topological polar surface area (TPSA) is 88.9 Å². The fraction of sp³-hybridized carbons (Fsp3) is 0.500. The fourth-order valence-corrected chi connectivity index (χ4v) is 4.16. The Kier molecular flexibility index (Phi) is 4.07. The van der Waals surface area contributed by atoms with Crippen molar-refractivity contribution in [1.29, 1.82) is 0 Å². The highest BCUT2D eigenvalue weighted by Gasteiger charge is 2.21. The lowest BCUT2D eigenvalue weighted by Gasteiger charge is -2.02. The van der Waals surface area contributed by atoms with E-state index in [1.54, 1.807) is 13.1 Å². The van der Waals surface area contributed by atoms with Crippen LogP contribution < -0.4 is 10.0 Å². The van der Waals surface area contributed by atoms with Crippen molar-refractivity contribution in [3.8, 4) is 0 Å². The van der Waals surface area contributed by atoms with E-state index in [1.807, 2.05) is 6.07 Å². The number of aromatic nitrogens is 3. The maximum Gasteiger partial charge on any atom is 0.250 e. The summed E-state index contributed by atoms with van der Waals surface area (Å²) in [5.74, 6) is 0.452. The van der Waals surface area contributed by atoms with Gasteiger partial charge in [-0.3, -0.25) is 4.68 Å². The first kappa shape index (κ1) is 14.6. The molecule has 0 saturated heterocycles. The number of nitrogens with one attached hydrogen (secondary N) is 2. The van der Waals surface area contributed by atoms with Gasteiger partial charge in [-0.1, -0.05) is 0 Å². The number of hydrogen-bond donors (Lipinski definition) is 2. The Morgan fingerprint density at radius 1 is 1.38 bits per heavy atom. The summed E-state index contributed by atoms with van der Waals surface area (Å²) in [6.07, 6.45) is 3.97. The van der Waals surface area contributed by atoms with Gasteiger partial charge in [0.15, 0.2) is 5.82 Å². The molecule has 1 aliphatic carbocycles. The number of nitrogens with zero attached hydrogens (tertiary/aromatic N) is 3. The molecule has 1 fully saturated rings. The Hall–Kier alpha value is -1.29. The van der Waals surface area contributed by atoms with Crippen molar-refractivity contribution in [3.05, 3.63) is 29.2 Å². The molecule has 2 heterocycles. The molecular weight excluding hydrogens is 310 g/mol. The van der Waals surface area contributed by atoms with Crippen molar-refractivity contribution in [1.82, 2.24) is 24.8 Å². The molecule has 0 spiro atoms. The summed E-state index contributed by atoms with van der Waals surface area (Å²) in [5.41, 5.74) is 0. The number of sulfonamides is 1. The van der Waals surface area contributed by atoms with Crippen molar-refractivity contribution in [2.75, 3.05) is 0 Å². The highest BCUT2D eigenvalue weighted by molar-refractivity contribution is 7.91. The van der Waals surface area contributed by atoms with E-state index in [1.165, 1.54) is 35.2 Å². The molecule has 114 valence electrons. The Bertz CT molecular complexity index is 718. The first-order chi connectivity index (χ1) is 10.0. The first-order valence-corrected chi connectivity index (χ1v) is 8.99. The zero-order valence-corrected chi connectivity index (χ0v) is 13.2. The van der Waals surface area contributed by atoms with Crippen LogP contribution >= 0.6 is 11.3 Å². The predicted molar refractivity (Wildman–Crippen MR) is 79.2 cm³/mol. The van der Waals surface area contributed by atoms with Gasteiger partial charge in [0, 0.05) is 24.5 Å². The van der Waals surface area contributed by atoms with E-state index in [4.69, 9.17) is 0 Å². The van der Waals surface area contributed by atoms with Crippen molar-refractivity contribution in [2.45, 2.75) is 36.2 Å². The van der Waals surface area contributed by atoms with E-state index in [9.17, 15) is 8.42 Å². The highest BCUT2D eigenvalue weighted by Crippen LogP contribution is 2.24. The summed E-state index contributed by atoms with van der Waals surface area (Å²) in [7, 11) is -1.76. The Labute approximate surface area is 127 Å². The molecule has 1 aliphatic rings. The van der Waals surface area contributed by atoms with Crippen LogP contribution in [-0.2, 0) is 30.2 Å². The van der Waals surface area contributed by atoms with Crippen molar-refractivity contribution >= 4 is 21.4 Å². The van der Waals surface area contributed by atoms with Gasteiger partial charge in [-0.25, -0.2) is 18.1 Å². The van der Waals surface area contributed by atoms with Gasteiger partial charge >= 0.3 is 0 Å². The summed E-state index contributed by atoms with van der Waals surface area (Å²) < 4.78 is 28.8. The van der Waals surface area contributed by atoms with Gasteiger partial charge in [0.2, 0.25) is 10.0 Å². The van der Waals surface area contributed by atoms with Crippen molar-refractivity contribution < 1.29 is 8.42 Å². The van der Waals surface area contributed by atoms with E-state index in [2.05, 4.69) is 20.1 Å². The van der Waals surface area contributed by atoms with Crippen LogP contribution in [0.5, 0.6) is 0 Å². The molecule has 3 rings (SSSR count). The van der Waals surface area contributed by atoms with E-state index in [0.29, 0.717) is 16.1 Å². The largest absolute Gasteiger partial charge is 0.309 e. The van der Waals surface area contributed by atoms with E-state index >= 15 is 0 Å². The quantitative estimate of drug-likeness (QED) is 0.778. The molecule has 2 aromatic rings. The standard InChI is InChI=1S/C12H17N5O2S2/c1-17-8-14-11(16-17)7-15-21(18,19)12-5-4-10(20-12)6-13-9-2-3-9/h4-5,8-9,13,15H,2-3,6-7H2,1H3. The average Bonchev–Trinajstić information content (AvgIpc) is 2.97. The normalized spacial score (nSPS) is 15.5. The SMILES string of the molecule is Cn1cnc(CNS(=O)(=O)c2ccc(CNC3CC3)s2)n1. The number of rotatable bonds is 7. The van der Waals surface area contributed by atoms with Gasteiger partial charge in [-0.2, -0.15) is 5.10 Å². The number of thiophene rings is 1. The zero-order valence-electron chi connectivity index (χ0n) is 11.6. The lowest BCUT2D eigenvalue weighted by Crippen LogP contribution is -2.23. The molecule has 0 atom stereocenters. The molecule has 2 N–H and O–H groups in total. The van der Waals surface area contributed by atoms with Gasteiger partial charge < -0.3 is 5.32 Å². The fourth-order valence-electron chi connectivity index (χ4n) is 1.83. The third-order valence-electron chi connectivity index (χ3n) is 3.11. The molecule has 1 saturated carbocycles. The van der Waals surface area contributed by atoms with Gasteiger partial charge in [0.25, 0.3) is 0 Å². The molecule has 0 amide bonds. The summed E-state index contributed by atoms with van der Waals surface area (Å²) in [6.45, 7) is 0.823. The minimum atomic E-state index is -3.50. The second kappa shape index (κ2) is 5.84. The maximum absolute atomic E-state index is 12.2. The molecule has 2 aromatic heterocycles. The molecule has 0 unspecified atom stereocenters. The second-order valence-electron chi connectivity index (χ2n) is 5.03. The molecular formula is C12H17N5O2S2. The van der Waals surface area contributed by atoms with Crippen LogP contribution in [0.3, 0.4) is 0 Å². The van der Waals surface area contributed by atoms with Crippen LogP contribution in [0.2, 0.25) is 0 Å². The summed E-state index contributed by atoms with van der Waals surface area (Å²) in [6, 6.07) is 4.11. The maximum atomic E-state index is 12.2. The van der Waals surface area contributed by atoms with Gasteiger partial charge in [-0.15, -0.1) is 11.3 Å². The van der Waals surface area contributed by atoms with Gasteiger partial charge in [0.05, 0.1) is 6.54 Å². The lowest BCUT2D eigenvalue weighted by atomic mass is 10.4. The number of hydrogen-bond acceptors (Lipinski definition) is 6. The molecule has 21 heavy (non-hydrogen) atoms. The highest BCUT2D eigenvalue weighted by atomic mass is 32.2. The molecule has 0 radical (unpaired) electrons. The summed E-state index contributed by atoms with van der Waals surface area (Å²) >= 11 is 1.29. The average molecular weight is 327 g/mol. The van der Waals surface area contributed by atoms with E-state index in [0.717, 1.165) is 11.4 Å². The van der Waals surface area contributed by atoms with Crippen LogP contribution in [0.15, 0.2) is 22.7 Å². The Morgan fingerprint density at radius 3 is 2.86 bits per heavy atom.